The van der Waals surface area contributed by atoms with Crippen LogP contribution in [0.4, 0.5) is 5.69 Å². The van der Waals surface area contributed by atoms with E-state index in [-0.39, 0.29) is 0 Å². The maximum atomic E-state index is 6.03. The van der Waals surface area contributed by atoms with Gasteiger partial charge in [-0.15, -0.1) is 0 Å². The third-order valence-electron chi connectivity index (χ3n) is 3.33. The lowest BCUT2D eigenvalue weighted by molar-refractivity contribution is 0.422. The molecule has 0 heterocycles. The van der Waals surface area contributed by atoms with E-state index in [1.165, 1.54) is 0 Å². The molecular formula is C19H21Cl2N3. The van der Waals surface area contributed by atoms with Crippen LogP contribution in [0.15, 0.2) is 59.7 Å². The Morgan fingerprint density at radius 2 is 1.83 bits per heavy atom. The fraction of sp³-hybridized carbons (Fsp3) is 0.211. The predicted octanol–water partition coefficient (Wildman–Crippen LogP) is 5.43. The first-order valence-corrected chi connectivity index (χ1v) is 8.45. The lowest BCUT2D eigenvalue weighted by atomic mass is 10.1. The maximum Gasteiger partial charge on any atom is 0.0620 e. The van der Waals surface area contributed by atoms with Gasteiger partial charge in [0.1, 0.15) is 0 Å². The smallest absolute Gasteiger partial charge is 0.0620 e. The van der Waals surface area contributed by atoms with Gasteiger partial charge in [0.25, 0.3) is 0 Å². The van der Waals surface area contributed by atoms with Crippen LogP contribution < -0.4 is 5.43 Å². The molecule has 0 aliphatic rings. The van der Waals surface area contributed by atoms with Crippen molar-refractivity contribution in [3.8, 4) is 0 Å². The number of hydrogen-bond acceptors (Lipinski definition) is 3. The van der Waals surface area contributed by atoms with Crippen molar-refractivity contribution in [2.45, 2.75) is 6.42 Å². The third-order valence-corrected chi connectivity index (χ3v) is 4.07. The summed E-state index contributed by atoms with van der Waals surface area (Å²) >= 11 is 12.0. The van der Waals surface area contributed by atoms with E-state index in [4.69, 9.17) is 23.2 Å². The highest BCUT2D eigenvalue weighted by atomic mass is 35.5. The van der Waals surface area contributed by atoms with Gasteiger partial charge in [-0.25, -0.2) is 0 Å². The van der Waals surface area contributed by atoms with Gasteiger partial charge < -0.3 is 4.90 Å². The van der Waals surface area contributed by atoms with Gasteiger partial charge in [0.05, 0.1) is 21.4 Å². The topological polar surface area (TPSA) is 27.6 Å². The molecule has 126 valence electrons. The van der Waals surface area contributed by atoms with E-state index in [1.54, 1.807) is 12.1 Å². The Labute approximate surface area is 153 Å². The molecule has 2 aromatic rings. The van der Waals surface area contributed by atoms with E-state index >= 15 is 0 Å². The van der Waals surface area contributed by atoms with E-state index in [2.05, 4.69) is 33.6 Å². The molecule has 24 heavy (non-hydrogen) atoms. The minimum Gasteiger partial charge on any atom is -0.309 e. The van der Waals surface area contributed by atoms with E-state index in [9.17, 15) is 0 Å². The molecule has 0 aliphatic heterocycles. The Hall–Kier alpha value is -1.81. The average Bonchev–Trinajstić information content (AvgIpc) is 2.58. The van der Waals surface area contributed by atoms with Crippen LogP contribution in [-0.2, 0) is 0 Å². The van der Waals surface area contributed by atoms with E-state index in [1.807, 2.05) is 44.4 Å². The third kappa shape index (κ3) is 6.36. The molecule has 0 atom stereocenters. The minimum absolute atomic E-state index is 0.506. The first-order valence-electron chi connectivity index (χ1n) is 7.70. The Balaban J connectivity index is 2.11. The Morgan fingerprint density at radius 1 is 1.08 bits per heavy atom. The zero-order valence-corrected chi connectivity index (χ0v) is 15.3. The molecule has 2 rings (SSSR count). The average molecular weight is 362 g/mol. The SMILES string of the molecule is CN(C)CCC(/C=C/c1ccccc1)=N\Nc1ccc(Cl)c(Cl)c1. The second-order valence-electron chi connectivity index (χ2n) is 5.64. The molecule has 0 fully saturated rings. The molecule has 0 saturated carbocycles. The van der Waals surface area contributed by atoms with Crippen molar-refractivity contribution in [2.24, 2.45) is 5.10 Å². The molecule has 0 amide bonds. The van der Waals surface area contributed by atoms with Gasteiger partial charge in [-0.05, 0) is 43.9 Å². The highest BCUT2D eigenvalue weighted by molar-refractivity contribution is 6.42. The van der Waals surface area contributed by atoms with E-state index < -0.39 is 0 Å². The minimum atomic E-state index is 0.506. The lowest BCUT2D eigenvalue weighted by Crippen LogP contribution is -2.16. The fourth-order valence-electron chi connectivity index (χ4n) is 1.97. The Kier molecular flexibility index (Phi) is 7.32. The van der Waals surface area contributed by atoms with Crippen LogP contribution in [-0.4, -0.2) is 31.3 Å². The molecule has 0 saturated heterocycles. The van der Waals surface area contributed by atoms with Gasteiger partial charge in [-0.1, -0.05) is 59.6 Å². The van der Waals surface area contributed by atoms with Crippen LogP contribution >= 0.6 is 23.2 Å². The fourth-order valence-corrected chi connectivity index (χ4v) is 2.27. The van der Waals surface area contributed by atoms with Crippen molar-refractivity contribution in [1.82, 2.24) is 4.90 Å². The van der Waals surface area contributed by atoms with E-state index in [0.717, 1.165) is 29.9 Å². The van der Waals surface area contributed by atoms with Crippen molar-refractivity contribution in [3.05, 3.63) is 70.2 Å². The molecule has 0 unspecified atom stereocenters. The van der Waals surface area contributed by atoms with Gasteiger partial charge in [0, 0.05) is 13.0 Å². The molecule has 1 N–H and O–H groups in total. The zero-order chi connectivity index (χ0) is 17.4. The summed E-state index contributed by atoms with van der Waals surface area (Å²) < 4.78 is 0. The number of hydrazone groups is 1. The van der Waals surface area contributed by atoms with Gasteiger partial charge in [-0.3, -0.25) is 5.43 Å². The van der Waals surface area contributed by atoms with Crippen molar-refractivity contribution in [3.63, 3.8) is 0 Å². The van der Waals surface area contributed by atoms with Crippen LogP contribution in [0.5, 0.6) is 0 Å². The molecular weight excluding hydrogens is 341 g/mol. The first-order chi connectivity index (χ1) is 11.5. The summed E-state index contributed by atoms with van der Waals surface area (Å²) in [6.45, 7) is 0.918. The summed E-state index contributed by atoms with van der Waals surface area (Å²) in [6.07, 6.45) is 4.93. The number of nitrogens with one attached hydrogen (secondary N) is 1. The maximum absolute atomic E-state index is 6.03. The second kappa shape index (κ2) is 9.48. The number of benzene rings is 2. The quantitative estimate of drug-likeness (QED) is 0.526. The second-order valence-corrected chi connectivity index (χ2v) is 6.46. The summed E-state index contributed by atoms with van der Waals surface area (Å²) in [5, 5.41) is 5.54. The van der Waals surface area contributed by atoms with Crippen molar-refractivity contribution < 1.29 is 0 Å². The standard InChI is InChI=1S/C19H21Cl2N3/c1-24(2)13-12-16(9-8-15-6-4-3-5-7-15)22-23-17-10-11-18(20)19(21)14-17/h3-11,14,23H,12-13H2,1-2H3/b9-8+,22-16-. The molecule has 0 radical (unpaired) electrons. The van der Waals surface area contributed by atoms with Crippen LogP contribution in [0.3, 0.4) is 0 Å². The van der Waals surface area contributed by atoms with Gasteiger partial charge in [-0.2, -0.15) is 5.10 Å². The first kappa shape index (κ1) is 18.5. The number of anilines is 1. The molecule has 0 aromatic heterocycles. The van der Waals surface area contributed by atoms with Crippen molar-refractivity contribution >= 4 is 40.7 Å². The summed E-state index contributed by atoms with van der Waals surface area (Å²) in [6, 6.07) is 15.5. The molecule has 0 aliphatic carbocycles. The Bertz CT molecular complexity index is 710. The van der Waals surface area contributed by atoms with Crippen LogP contribution in [0.2, 0.25) is 10.0 Å². The Morgan fingerprint density at radius 3 is 2.50 bits per heavy atom. The summed E-state index contributed by atoms with van der Waals surface area (Å²) in [7, 11) is 4.09. The van der Waals surface area contributed by atoms with Crippen molar-refractivity contribution in [2.75, 3.05) is 26.1 Å². The van der Waals surface area contributed by atoms with Crippen LogP contribution in [0.25, 0.3) is 6.08 Å². The number of hydrogen-bond donors (Lipinski definition) is 1. The molecule has 0 bridgehead atoms. The largest absolute Gasteiger partial charge is 0.309 e. The number of halogens is 2. The number of rotatable bonds is 7. The van der Waals surface area contributed by atoms with Crippen molar-refractivity contribution in [1.29, 1.82) is 0 Å². The van der Waals surface area contributed by atoms with Gasteiger partial charge in [0.2, 0.25) is 0 Å². The summed E-state index contributed by atoms with van der Waals surface area (Å²) in [5.41, 5.74) is 5.95. The van der Waals surface area contributed by atoms with Gasteiger partial charge in [0.15, 0.2) is 0 Å². The predicted molar refractivity (Wildman–Crippen MR) is 106 cm³/mol. The monoisotopic (exact) mass is 361 g/mol. The highest BCUT2D eigenvalue weighted by Crippen LogP contribution is 2.25. The molecule has 5 heteroatoms. The number of allylic oxidation sites excluding steroid dienone is 1. The normalized spacial score (nSPS) is 12.1. The highest BCUT2D eigenvalue weighted by Gasteiger charge is 2.01. The molecule has 3 nitrogen and oxygen atoms in total. The number of nitrogens with zero attached hydrogens (tertiary/aromatic N) is 2. The molecule has 0 spiro atoms. The van der Waals surface area contributed by atoms with Gasteiger partial charge >= 0.3 is 0 Å². The summed E-state index contributed by atoms with van der Waals surface area (Å²) in [4.78, 5) is 2.13. The van der Waals surface area contributed by atoms with Crippen LogP contribution in [0.1, 0.15) is 12.0 Å². The lowest BCUT2D eigenvalue weighted by Gasteiger charge is -2.10. The van der Waals surface area contributed by atoms with E-state index in [0.29, 0.717) is 10.0 Å². The zero-order valence-electron chi connectivity index (χ0n) is 13.8. The molecule has 2 aromatic carbocycles. The van der Waals surface area contributed by atoms with Crippen LogP contribution in [0, 0.1) is 0 Å². The summed E-state index contributed by atoms with van der Waals surface area (Å²) in [5.74, 6) is 0.